The lowest BCUT2D eigenvalue weighted by molar-refractivity contribution is 0.0761. The van der Waals surface area contributed by atoms with Crippen molar-refractivity contribution in [2.75, 3.05) is 25.0 Å². The quantitative estimate of drug-likeness (QED) is 0.556. The highest BCUT2D eigenvalue weighted by atomic mass is 19.1. The summed E-state index contributed by atoms with van der Waals surface area (Å²) in [4.78, 5) is 32.7. The monoisotopic (exact) mass is 424 g/mol. The fourth-order valence-electron chi connectivity index (χ4n) is 4.40. The van der Waals surface area contributed by atoms with Gasteiger partial charge in [-0.25, -0.2) is 19.4 Å². The predicted molar refractivity (Wildman–Crippen MR) is 109 cm³/mol. The molecule has 0 aromatic carbocycles. The lowest BCUT2D eigenvalue weighted by atomic mass is 10.2. The van der Waals surface area contributed by atoms with Crippen LogP contribution in [0.5, 0.6) is 0 Å². The number of nitrogens with zero attached hydrogens (tertiary/aromatic N) is 8. The average molecular weight is 424 g/mol. The molecule has 0 radical (unpaired) electrons. The van der Waals surface area contributed by atoms with Gasteiger partial charge in [0, 0.05) is 39.3 Å². The fourth-order valence-corrected chi connectivity index (χ4v) is 4.40. The van der Waals surface area contributed by atoms with Gasteiger partial charge in [0.15, 0.2) is 29.0 Å². The summed E-state index contributed by atoms with van der Waals surface area (Å²) < 4.78 is 21.0. The van der Waals surface area contributed by atoms with Crippen LogP contribution in [0.4, 0.5) is 16.0 Å². The number of hydrogen-bond acceptors (Lipinski definition) is 8. The Morgan fingerprint density at radius 3 is 2.87 bits per heavy atom. The molecule has 11 heteroatoms. The van der Waals surface area contributed by atoms with E-state index in [0.29, 0.717) is 48.2 Å². The number of piperidine rings is 1. The van der Waals surface area contributed by atoms with Crippen molar-refractivity contribution in [1.29, 1.82) is 0 Å². The number of anilines is 1. The van der Waals surface area contributed by atoms with Crippen molar-refractivity contribution in [2.45, 2.75) is 12.5 Å². The number of rotatable bonds is 6. The van der Waals surface area contributed by atoms with Crippen LogP contribution in [0.15, 0.2) is 34.2 Å². The van der Waals surface area contributed by atoms with Gasteiger partial charge in [-0.05, 0) is 30.7 Å². The molecule has 1 unspecified atom stereocenters. The summed E-state index contributed by atoms with van der Waals surface area (Å²) in [5.74, 6) is 1.99. The van der Waals surface area contributed by atoms with Crippen molar-refractivity contribution in [3.8, 4) is 0 Å². The van der Waals surface area contributed by atoms with Crippen molar-refractivity contribution >= 4 is 24.3 Å². The van der Waals surface area contributed by atoms with Gasteiger partial charge >= 0.3 is 0 Å². The zero-order valence-electron chi connectivity index (χ0n) is 17.1. The van der Waals surface area contributed by atoms with Crippen LogP contribution in [-0.2, 0) is 13.6 Å². The van der Waals surface area contributed by atoms with Crippen molar-refractivity contribution < 1.29 is 13.7 Å². The molecule has 1 aliphatic carbocycles. The van der Waals surface area contributed by atoms with Crippen LogP contribution < -0.4 is 4.90 Å². The predicted octanol–water partition coefficient (Wildman–Crippen LogP) is 1.79. The Balaban J connectivity index is 1.22. The van der Waals surface area contributed by atoms with Crippen LogP contribution >= 0.6 is 0 Å². The third-order valence-corrected chi connectivity index (χ3v) is 6.00. The number of pyridine rings is 1. The van der Waals surface area contributed by atoms with Crippen molar-refractivity contribution in [2.24, 2.45) is 23.9 Å². The van der Waals surface area contributed by atoms with Crippen LogP contribution in [0.3, 0.4) is 0 Å². The first-order valence-corrected chi connectivity index (χ1v) is 9.89. The summed E-state index contributed by atoms with van der Waals surface area (Å²) >= 11 is 0. The van der Waals surface area contributed by atoms with Crippen LogP contribution in [0.2, 0.25) is 0 Å². The number of carbonyl (C=O) groups excluding carboxylic acids is 1. The van der Waals surface area contributed by atoms with E-state index in [-0.39, 0.29) is 30.0 Å². The minimum absolute atomic E-state index is 0.168. The van der Waals surface area contributed by atoms with E-state index < -0.39 is 0 Å². The SMILES string of the molecule is C=Nc1ncn(C)c1C(=O)N(C)Cc1nc(C2[C@H]3CN(c4ncccc4F)C[C@@H]23)no1. The van der Waals surface area contributed by atoms with E-state index in [1.165, 1.54) is 17.3 Å². The molecule has 1 aliphatic heterocycles. The molecule has 5 rings (SSSR count). The lowest BCUT2D eigenvalue weighted by Gasteiger charge is -2.20. The summed E-state index contributed by atoms with van der Waals surface area (Å²) in [6.07, 6.45) is 3.12. The van der Waals surface area contributed by atoms with Gasteiger partial charge in [0.1, 0.15) is 6.54 Å². The Hall–Kier alpha value is -3.63. The van der Waals surface area contributed by atoms with E-state index in [9.17, 15) is 9.18 Å². The van der Waals surface area contributed by atoms with E-state index in [2.05, 4.69) is 31.8 Å². The number of amides is 1. The number of imidazole rings is 1. The van der Waals surface area contributed by atoms with E-state index in [0.717, 1.165) is 0 Å². The number of aliphatic imine (C=N–C) groups is 1. The van der Waals surface area contributed by atoms with Gasteiger partial charge in [0.2, 0.25) is 5.89 Å². The number of carbonyl (C=O) groups is 1. The normalized spacial score (nSPS) is 21.8. The molecule has 1 amide bonds. The third kappa shape index (κ3) is 3.25. The van der Waals surface area contributed by atoms with E-state index in [4.69, 9.17) is 4.52 Å². The maximum atomic E-state index is 14.0. The molecule has 0 N–H and O–H groups in total. The Labute approximate surface area is 177 Å². The molecule has 0 bridgehead atoms. The molecule has 31 heavy (non-hydrogen) atoms. The molecule has 10 nitrogen and oxygen atoms in total. The fraction of sp³-hybridized carbons (Fsp3) is 0.400. The Bertz CT molecular complexity index is 1150. The molecule has 3 aromatic heterocycles. The molecule has 160 valence electrons. The van der Waals surface area contributed by atoms with Crippen molar-refractivity contribution in [1.82, 2.24) is 29.6 Å². The first-order valence-electron chi connectivity index (χ1n) is 9.89. The zero-order chi connectivity index (χ0) is 21.7. The Morgan fingerprint density at radius 2 is 2.16 bits per heavy atom. The molecular formula is C20H21FN8O2. The summed E-state index contributed by atoms with van der Waals surface area (Å²) in [5.41, 5.74) is 0.343. The molecule has 2 fully saturated rings. The van der Waals surface area contributed by atoms with Gasteiger partial charge in [-0.15, -0.1) is 0 Å². The van der Waals surface area contributed by atoms with Gasteiger partial charge < -0.3 is 18.9 Å². The Kier molecular flexibility index (Phi) is 4.53. The second-order valence-electron chi connectivity index (χ2n) is 7.96. The Morgan fingerprint density at radius 1 is 1.39 bits per heavy atom. The highest BCUT2D eigenvalue weighted by molar-refractivity contribution is 5.96. The summed E-state index contributed by atoms with van der Waals surface area (Å²) in [5, 5.41) is 4.12. The minimum Gasteiger partial charge on any atom is -0.354 e. The highest BCUT2D eigenvalue weighted by Crippen LogP contribution is 2.57. The molecule has 0 spiro atoms. The standard InChI is InChI=1S/C20H21FN8O2/c1-22-18-16(28(3)10-24-18)20(30)27(2)9-14-25-17(26-31-14)15-11-7-29(8-12(11)15)19-13(21)5-4-6-23-19/h4-6,10-12,15H,1,7-9H2,2-3H3/t11-,12+,15?. The van der Waals surface area contributed by atoms with Gasteiger partial charge in [-0.1, -0.05) is 5.16 Å². The van der Waals surface area contributed by atoms with Crippen LogP contribution in [0.1, 0.15) is 28.1 Å². The first-order chi connectivity index (χ1) is 15.0. The summed E-state index contributed by atoms with van der Waals surface area (Å²) in [7, 11) is 3.37. The molecule has 1 saturated carbocycles. The van der Waals surface area contributed by atoms with Gasteiger partial charge in [0.05, 0.1) is 6.33 Å². The topological polar surface area (TPSA) is 106 Å². The molecular weight excluding hydrogens is 403 g/mol. The average Bonchev–Trinajstić information content (AvgIpc) is 3.18. The highest BCUT2D eigenvalue weighted by Gasteiger charge is 2.59. The maximum absolute atomic E-state index is 14.0. The molecule has 3 aromatic rings. The van der Waals surface area contributed by atoms with Gasteiger partial charge in [-0.3, -0.25) is 4.79 Å². The third-order valence-electron chi connectivity index (χ3n) is 6.00. The minimum atomic E-state index is -0.307. The number of halogens is 1. The summed E-state index contributed by atoms with van der Waals surface area (Å²) in [6, 6.07) is 3.01. The number of fused-ring (bicyclic) bond motifs is 1. The first kappa shape index (κ1) is 19.3. The second-order valence-corrected chi connectivity index (χ2v) is 7.96. The maximum Gasteiger partial charge on any atom is 0.274 e. The largest absolute Gasteiger partial charge is 0.354 e. The smallest absolute Gasteiger partial charge is 0.274 e. The van der Waals surface area contributed by atoms with Crippen molar-refractivity contribution in [3.05, 3.63) is 47.9 Å². The molecule has 1 saturated heterocycles. The van der Waals surface area contributed by atoms with E-state index >= 15 is 0 Å². The number of aromatic nitrogens is 5. The summed E-state index contributed by atoms with van der Waals surface area (Å²) in [6.45, 7) is 5.04. The molecule has 2 aliphatic rings. The number of hydrogen-bond donors (Lipinski definition) is 0. The van der Waals surface area contributed by atoms with E-state index in [1.807, 2.05) is 4.90 Å². The van der Waals surface area contributed by atoms with Gasteiger partial charge in [-0.2, -0.15) is 4.98 Å². The van der Waals surface area contributed by atoms with E-state index in [1.54, 1.807) is 30.9 Å². The van der Waals surface area contributed by atoms with Crippen LogP contribution in [0, 0.1) is 17.7 Å². The second kappa shape index (κ2) is 7.25. The molecule has 4 heterocycles. The number of aryl methyl sites for hydroxylation is 1. The van der Waals surface area contributed by atoms with Crippen LogP contribution in [0.25, 0.3) is 0 Å². The zero-order valence-corrected chi connectivity index (χ0v) is 17.1. The van der Waals surface area contributed by atoms with Gasteiger partial charge in [0.25, 0.3) is 5.91 Å². The van der Waals surface area contributed by atoms with Crippen molar-refractivity contribution in [3.63, 3.8) is 0 Å². The lowest BCUT2D eigenvalue weighted by Crippen LogP contribution is -2.28. The molecule has 3 atom stereocenters. The van der Waals surface area contributed by atoms with Crippen LogP contribution in [-0.4, -0.2) is 62.3 Å².